The number of halogens is 6. The Balaban J connectivity index is 0.000000146. The van der Waals surface area contributed by atoms with Crippen LogP contribution in [-0.2, 0) is 0 Å². The molecule has 0 aliphatic heterocycles. The number of para-hydroxylation sites is 2. The molecule has 20 aromatic rings. The molecule has 0 fully saturated rings. The van der Waals surface area contributed by atoms with Gasteiger partial charge in [0.15, 0.2) is 11.6 Å². The first-order valence-corrected chi connectivity index (χ1v) is 42.1. The number of aryl methyl sites for hydroxylation is 13. The summed E-state index contributed by atoms with van der Waals surface area (Å²) in [4.78, 5) is 40.6. The number of aromatic nitrogens is 20. The molecule has 702 valence electrons. The zero-order chi connectivity index (χ0) is 97.9. The van der Waals surface area contributed by atoms with Gasteiger partial charge < -0.3 is 59.4 Å². The molecule has 10 aromatic heterocycles. The van der Waals surface area contributed by atoms with Gasteiger partial charge in [-0.05, 0) is 124 Å². The zero-order valence-corrected chi connectivity index (χ0v) is 77.6. The summed E-state index contributed by atoms with van der Waals surface area (Å²) >= 11 is 5.95. The van der Waals surface area contributed by atoms with Gasteiger partial charge in [-0.3, -0.25) is 0 Å². The first-order chi connectivity index (χ1) is 66.0. The molecule has 0 radical (unpaired) electrons. The Bertz CT molecular complexity index is 7120. The summed E-state index contributed by atoms with van der Waals surface area (Å²) in [6.45, 7) is 25.9. The molecule has 20 rings (SSSR count). The molecule has 0 amide bonds. The Labute approximate surface area is 785 Å². The summed E-state index contributed by atoms with van der Waals surface area (Å²) in [6, 6.07) is 67.3. The molecule has 0 aliphatic carbocycles. The summed E-state index contributed by atoms with van der Waals surface area (Å²) in [6.07, 6.45) is 0.972. The van der Waals surface area contributed by atoms with Crippen molar-refractivity contribution in [2.24, 2.45) is 0 Å². The largest absolute Gasteiger partial charge is 0.497 e. The molecule has 39 heteroatoms. The van der Waals surface area contributed by atoms with Crippen LogP contribution in [0.4, 0.5) is 22.0 Å². The highest BCUT2D eigenvalue weighted by molar-refractivity contribution is 6.33. The van der Waals surface area contributed by atoms with Gasteiger partial charge in [-0.2, -0.15) is 49.8 Å². The topological polar surface area (TPSA) is 417 Å². The quantitative estimate of drug-likeness (QED) is 0.0860. The number of methoxy groups -OCH3 is 2. The predicted molar refractivity (Wildman–Crippen MR) is 493 cm³/mol. The molecule has 0 saturated carbocycles. The highest BCUT2D eigenvalue weighted by atomic mass is 35.5. The van der Waals surface area contributed by atoms with Crippen LogP contribution in [0.3, 0.4) is 0 Å². The van der Waals surface area contributed by atoms with Gasteiger partial charge in [-0.1, -0.05) is 215 Å². The van der Waals surface area contributed by atoms with Gasteiger partial charge in [0.1, 0.15) is 34.7 Å². The first kappa shape index (κ1) is 100. The number of nitrogens with zero attached hydrogens (tertiary/aromatic N) is 20. The van der Waals surface area contributed by atoms with Crippen molar-refractivity contribution in [2.45, 2.75) is 103 Å². The van der Waals surface area contributed by atoms with Crippen LogP contribution < -0.4 is 14.2 Å². The van der Waals surface area contributed by atoms with Gasteiger partial charge in [-0.15, -0.1) is 0 Å². The lowest BCUT2D eigenvalue weighted by Crippen LogP contribution is -1.97. The molecular weight excluding hydrogens is 1800 g/mol. The van der Waals surface area contributed by atoms with Crippen LogP contribution in [0.25, 0.3) is 114 Å². The van der Waals surface area contributed by atoms with Crippen LogP contribution in [0.15, 0.2) is 276 Å². The third-order valence-electron chi connectivity index (χ3n) is 18.0. The highest BCUT2D eigenvalue weighted by Gasteiger charge is 2.18. The summed E-state index contributed by atoms with van der Waals surface area (Å²) in [5.41, 5.74) is 10.6. The highest BCUT2D eigenvalue weighted by Crippen LogP contribution is 2.32. The van der Waals surface area contributed by atoms with Crippen LogP contribution in [0.2, 0.25) is 5.02 Å². The van der Waals surface area contributed by atoms with Crippen LogP contribution in [0.1, 0.15) is 88.9 Å². The Kier molecular flexibility index (Phi) is 36.7. The minimum atomic E-state index is -0.926. The van der Waals surface area contributed by atoms with Crippen molar-refractivity contribution >= 4 is 11.6 Å². The molecule has 0 atom stereocenters. The molecule has 0 saturated heterocycles. The fourth-order valence-corrected chi connectivity index (χ4v) is 11.9. The number of hydrogen-bond donors (Lipinski definition) is 0. The lowest BCUT2D eigenvalue weighted by molar-refractivity contribution is 0.318. The summed E-state index contributed by atoms with van der Waals surface area (Å²) in [5.74, 6) is 8.92. The zero-order valence-electron chi connectivity index (χ0n) is 76.9. The lowest BCUT2D eigenvalue weighted by atomic mass is 10.1. The van der Waals surface area contributed by atoms with Crippen molar-refractivity contribution in [3.05, 3.63) is 340 Å². The van der Waals surface area contributed by atoms with Gasteiger partial charge in [-0.25, -0.2) is 22.0 Å². The monoisotopic (exact) mass is 1880 g/mol. The smallest absolute Gasteiger partial charge is 0.223 e. The van der Waals surface area contributed by atoms with Crippen LogP contribution in [0, 0.1) is 119 Å². The van der Waals surface area contributed by atoms with Gasteiger partial charge in [0, 0.05) is 114 Å². The minimum Gasteiger partial charge on any atom is -0.497 e. The maximum Gasteiger partial charge on any atom is 0.223 e. The van der Waals surface area contributed by atoms with Crippen LogP contribution >= 0.6 is 11.6 Å². The second-order valence-corrected chi connectivity index (χ2v) is 29.4. The maximum absolute atomic E-state index is 13.4. The van der Waals surface area contributed by atoms with E-state index < -0.39 is 23.3 Å². The van der Waals surface area contributed by atoms with E-state index in [1.165, 1.54) is 23.3 Å². The van der Waals surface area contributed by atoms with E-state index in [0.717, 1.165) is 98.5 Å². The molecule has 0 bridgehead atoms. The fourth-order valence-electron chi connectivity index (χ4n) is 11.7. The molecular formula is C98H90ClF5N20O13. The van der Waals surface area contributed by atoms with Crippen molar-refractivity contribution in [2.75, 3.05) is 20.8 Å². The number of ether oxygens (including phenoxy) is 3. The van der Waals surface area contributed by atoms with Gasteiger partial charge in [0.05, 0.1) is 42.5 Å². The molecule has 0 aliphatic rings. The maximum atomic E-state index is 13.4. The van der Waals surface area contributed by atoms with Crippen LogP contribution in [-0.4, -0.2) is 122 Å². The standard InChI is InChI=1S/C12H14N2O2.C10H9FN2O.2C10H10N2O2.2C10H10N2O.C9H7ClN2O.2C9H6F2N2O.C9H8N2O/c1-3-8-15-11-7-5-4-6-10(11)12-13-9(2)16-14-12;1-6-4-3-5-8(11)9(6)10-12-7(2)14-13-10;1-7-11-10(12-14-7)8-4-3-5-9(6-8)13-2;1-7-11-10(12-14-7)8-5-3-4-6-9(8)13-2;1-7-3-5-9(6-4-7)10-11-8(2)13-12-10;1-7-4-3-5-9(6-7)10-11-8(2)13-12-10;1-6-11-9(12-13-6)7-4-2-3-5-8(7)10;1-5-12-9(13-14-5)6-2-7(10)4-8(11)3-6;1-5-12-9(13-14-5)6-2-3-7(10)8(11)4-6;1-7-10-9(11-12-7)8-5-3-2-4-6-8/h4-7H,3,8H2,1-2H3;3-5H,1-2H3;2*3-6H,1-2H3;2*3-6H,1-2H3;2-5H,1H3;2*2-4H,1H3;2-6H,1H3. The number of hydrogen-bond acceptors (Lipinski definition) is 33. The summed E-state index contributed by atoms with van der Waals surface area (Å²) in [7, 11) is 3.24. The number of rotatable bonds is 15. The summed E-state index contributed by atoms with van der Waals surface area (Å²) in [5, 5.41) is 38.2. The van der Waals surface area contributed by atoms with Gasteiger partial charge in [0.2, 0.25) is 117 Å². The van der Waals surface area contributed by atoms with Gasteiger partial charge in [0.25, 0.3) is 0 Å². The number of benzene rings is 10. The third kappa shape index (κ3) is 30.5. The van der Waals surface area contributed by atoms with Crippen LogP contribution in [0.5, 0.6) is 17.2 Å². The molecule has 10 heterocycles. The molecule has 0 spiro atoms. The van der Waals surface area contributed by atoms with Crippen molar-refractivity contribution in [1.29, 1.82) is 0 Å². The molecule has 0 N–H and O–H groups in total. The van der Waals surface area contributed by atoms with Crippen molar-refractivity contribution in [3.63, 3.8) is 0 Å². The Hall–Kier alpha value is -17.1. The van der Waals surface area contributed by atoms with Crippen molar-refractivity contribution in [3.8, 4) is 131 Å². The molecule has 33 nitrogen and oxygen atoms in total. The third-order valence-corrected chi connectivity index (χ3v) is 18.3. The summed E-state index contributed by atoms with van der Waals surface area (Å²) < 4.78 is 129. The minimum absolute atomic E-state index is 0.181. The molecule has 10 aromatic carbocycles. The van der Waals surface area contributed by atoms with Crippen molar-refractivity contribution in [1.82, 2.24) is 101 Å². The van der Waals surface area contributed by atoms with E-state index in [0.29, 0.717) is 128 Å². The van der Waals surface area contributed by atoms with E-state index in [1.54, 1.807) is 95.6 Å². The average molecular weight is 1890 g/mol. The second kappa shape index (κ2) is 50.0. The first-order valence-electron chi connectivity index (χ1n) is 41.7. The SMILES string of the molecule is CCCOc1ccccc1-c1noc(C)n1.COc1cccc(-c2noc(C)n2)c1.COc1ccccc1-c1noc(C)n1.Cc1ccc(-c2noc(C)n2)cc1.Cc1cccc(-c2noc(C)n2)c1.Cc1nc(-c2c(C)cccc2F)no1.Cc1nc(-c2cc(F)cc(F)c2)no1.Cc1nc(-c2ccc(F)c(F)c2)no1.Cc1nc(-c2ccccc2)no1.Cc1nc(-c2ccccc2Cl)no1. The predicted octanol–water partition coefficient (Wildman–Crippen LogP) is 23.5. The molecule has 0 unspecified atom stereocenters. The Morgan fingerprint density at radius 3 is 1.03 bits per heavy atom. The van der Waals surface area contributed by atoms with Gasteiger partial charge >= 0.3 is 0 Å². The Morgan fingerprint density at radius 2 is 0.613 bits per heavy atom. The van der Waals surface area contributed by atoms with E-state index in [2.05, 4.69) is 108 Å². The van der Waals surface area contributed by atoms with Crippen molar-refractivity contribution < 1.29 is 81.4 Å². The fraction of sp³-hybridized carbons (Fsp3) is 0.184. The van der Waals surface area contributed by atoms with E-state index >= 15 is 0 Å². The molecule has 137 heavy (non-hydrogen) atoms. The Morgan fingerprint density at radius 1 is 0.263 bits per heavy atom. The van der Waals surface area contributed by atoms with E-state index in [-0.39, 0.29) is 23.0 Å². The average Bonchev–Trinajstić information content (AvgIpc) is 1.80. The normalized spacial score (nSPS) is 10.3. The lowest BCUT2D eigenvalue weighted by Gasteiger charge is -2.07. The van der Waals surface area contributed by atoms with E-state index in [4.69, 9.17) is 71.0 Å². The van der Waals surface area contributed by atoms with E-state index in [1.807, 2.05) is 197 Å². The second-order valence-electron chi connectivity index (χ2n) is 28.9. The van der Waals surface area contributed by atoms with E-state index in [9.17, 15) is 22.0 Å².